The first kappa shape index (κ1) is 15.3. The average Bonchev–Trinajstić information content (AvgIpc) is 2.38. The maximum Gasteiger partial charge on any atom is 0.0746 e. The molecule has 2 nitrogen and oxygen atoms in total. The Balaban J connectivity index is 2.32. The van der Waals surface area contributed by atoms with Crippen molar-refractivity contribution in [1.29, 1.82) is 0 Å². The monoisotopic (exact) mass is 267 g/mol. The Hall–Kier alpha value is -0.0800. The molecule has 2 heteroatoms. The third kappa shape index (κ3) is 2.58. The topological polar surface area (TPSA) is 46.2 Å². The van der Waals surface area contributed by atoms with Gasteiger partial charge < -0.3 is 10.8 Å². The third-order valence-corrected chi connectivity index (χ3v) is 6.14. The van der Waals surface area contributed by atoms with Gasteiger partial charge in [0, 0.05) is 12.0 Å². The molecule has 0 amide bonds. The van der Waals surface area contributed by atoms with Crippen molar-refractivity contribution in [2.75, 3.05) is 6.54 Å². The molecular formula is C17H33NO. The predicted molar refractivity (Wildman–Crippen MR) is 80.9 cm³/mol. The summed E-state index contributed by atoms with van der Waals surface area (Å²) in [4.78, 5) is 0. The highest BCUT2D eigenvalue weighted by atomic mass is 16.3. The summed E-state index contributed by atoms with van der Waals surface area (Å²) in [6.45, 7) is 7.55. The molecule has 2 aliphatic rings. The Morgan fingerprint density at radius 2 is 1.89 bits per heavy atom. The number of hydrogen-bond donors (Lipinski definition) is 2. The lowest BCUT2D eigenvalue weighted by atomic mass is 9.52. The molecule has 0 saturated heterocycles. The molecular weight excluding hydrogens is 234 g/mol. The van der Waals surface area contributed by atoms with E-state index in [2.05, 4.69) is 20.8 Å². The SMILES string of the molecule is CC1CCCC(CN)(C2(O)CCCCC2C(C)C)C1. The zero-order valence-electron chi connectivity index (χ0n) is 13.1. The van der Waals surface area contributed by atoms with Crippen LogP contribution >= 0.6 is 0 Å². The van der Waals surface area contributed by atoms with Gasteiger partial charge in [0.15, 0.2) is 0 Å². The molecule has 0 aromatic rings. The van der Waals surface area contributed by atoms with Crippen LogP contribution in [-0.2, 0) is 0 Å². The minimum absolute atomic E-state index is 0.0139. The molecule has 0 bridgehead atoms. The molecule has 112 valence electrons. The van der Waals surface area contributed by atoms with Crippen molar-refractivity contribution in [1.82, 2.24) is 0 Å². The van der Waals surface area contributed by atoms with Gasteiger partial charge in [0.25, 0.3) is 0 Å². The van der Waals surface area contributed by atoms with Gasteiger partial charge in [-0.3, -0.25) is 0 Å². The lowest BCUT2D eigenvalue weighted by Gasteiger charge is -2.57. The first-order valence-corrected chi connectivity index (χ1v) is 8.37. The van der Waals surface area contributed by atoms with Gasteiger partial charge in [0.05, 0.1) is 5.60 Å². The van der Waals surface area contributed by atoms with Gasteiger partial charge in [-0.15, -0.1) is 0 Å². The van der Waals surface area contributed by atoms with E-state index in [4.69, 9.17) is 5.73 Å². The summed E-state index contributed by atoms with van der Waals surface area (Å²) in [6.07, 6.45) is 9.42. The summed E-state index contributed by atoms with van der Waals surface area (Å²) in [6, 6.07) is 0. The van der Waals surface area contributed by atoms with Gasteiger partial charge in [-0.2, -0.15) is 0 Å². The second-order valence-corrected chi connectivity index (χ2v) is 7.71. The Bertz CT molecular complexity index is 304. The van der Waals surface area contributed by atoms with Crippen LogP contribution in [0.15, 0.2) is 0 Å². The highest BCUT2D eigenvalue weighted by Gasteiger charge is 2.55. The molecule has 2 saturated carbocycles. The van der Waals surface area contributed by atoms with Crippen molar-refractivity contribution >= 4 is 0 Å². The van der Waals surface area contributed by atoms with Crippen molar-refractivity contribution in [3.05, 3.63) is 0 Å². The Labute approximate surface area is 119 Å². The zero-order chi connectivity index (χ0) is 14.1. The molecule has 0 aromatic carbocycles. The van der Waals surface area contributed by atoms with Crippen LogP contribution in [0.1, 0.15) is 72.1 Å². The van der Waals surface area contributed by atoms with E-state index in [-0.39, 0.29) is 5.41 Å². The van der Waals surface area contributed by atoms with Gasteiger partial charge in [-0.05, 0) is 43.4 Å². The summed E-state index contributed by atoms with van der Waals surface area (Å²) in [7, 11) is 0. The molecule has 2 fully saturated rings. The molecule has 4 atom stereocenters. The molecule has 0 aromatic heterocycles. The van der Waals surface area contributed by atoms with Crippen LogP contribution in [-0.4, -0.2) is 17.3 Å². The first-order chi connectivity index (χ1) is 8.95. The van der Waals surface area contributed by atoms with Gasteiger partial charge >= 0.3 is 0 Å². The van der Waals surface area contributed by atoms with E-state index in [1.165, 1.54) is 32.1 Å². The number of aliphatic hydroxyl groups is 1. The van der Waals surface area contributed by atoms with E-state index < -0.39 is 5.60 Å². The molecule has 3 N–H and O–H groups in total. The van der Waals surface area contributed by atoms with Crippen molar-refractivity contribution in [2.24, 2.45) is 28.9 Å². The fourth-order valence-electron chi connectivity index (χ4n) is 5.14. The molecule has 2 rings (SSSR count). The quantitative estimate of drug-likeness (QED) is 0.818. The van der Waals surface area contributed by atoms with Crippen molar-refractivity contribution in [3.8, 4) is 0 Å². The Kier molecular flexibility index (Phi) is 4.62. The van der Waals surface area contributed by atoms with Crippen LogP contribution in [0.5, 0.6) is 0 Å². The maximum atomic E-state index is 11.6. The van der Waals surface area contributed by atoms with Gasteiger partial charge in [0.1, 0.15) is 0 Å². The summed E-state index contributed by atoms with van der Waals surface area (Å²) in [5, 5.41) is 11.6. The lowest BCUT2D eigenvalue weighted by Crippen LogP contribution is -2.60. The largest absolute Gasteiger partial charge is 0.389 e. The van der Waals surface area contributed by atoms with Crippen LogP contribution in [0.2, 0.25) is 0 Å². The van der Waals surface area contributed by atoms with Gasteiger partial charge in [0.2, 0.25) is 0 Å². The van der Waals surface area contributed by atoms with Gasteiger partial charge in [-0.1, -0.05) is 46.5 Å². The summed E-state index contributed by atoms with van der Waals surface area (Å²) in [5.74, 6) is 1.72. The van der Waals surface area contributed by atoms with Crippen LogP contribution < -0.4 is 5.73 Å². The first-order valence-electron chi connectivity index (χ1n) is 8.37. The molecule has 0 spiro atoms. The lowest BCUT2D eigenvalue weighted by molar-refractivity contribution is -0.173. The van der Waals surface area contributed by atoms with Crippen LogP contribution in [0.3, 0.4) is 0 Å². The van der Waals surface area contributed by atoms with E-state index in [1.807, 2.05) is 0 Å². The van der Waals surface area contributed by atoms with E-state index in [0.29, 0.717) is 18.4 Å². The zero-order valence-corrected chi connectivity index (χ0v) is 13.1. The van der Waals surface area contributed by atoms with E-state index in [1.54, 1.807) is 0 Å². The van der Waals surface area contributed by atoms with Crippen molar-refractivity contribution in [3.63, 3.8) is 0 Å². The van der Waals surface area contributed by atoms with E-state index in [9.17, 15) is 5.11 Å². The molecule has 19 heavy (non-hydrogen) atoms. The fraction of sp³-hybridized carbons (Fsp3) is 1.00. The summed E-state index contributed by atoms with van der Waals surface area (Å²) in [5.41, 5.74) is 5.69. The molecule has 0 radical (unpaired) electrons. The molecule has 0 aliphatic heterocycles. The van der Waals surface area contributed by atoms with Crippen LogP contribution in [0.25, 0.3) is 0 Å². The second kappa shape index (κ2) is 5.73. The molecule has 4 unspecified atom stereocenters. The van der Waals surface area contributed by atoms with E-state index in [0.717, 1.165) is 25.2 Å². The number of nitrogens with two attached hydrogens (primary N) is 1. The minimum Gasteiger partial charge on any atom is -0.389 e. The third-order valence-electron chi connectivity index (χ3n) is 6.14. The standard InChI is InChI=1S/C17H33NO/c1-13(2)15-8-4-5-10-17(15,19)16(12-18)9-6-7-14(3)11-16/h13-15,19H,4-12,18H2,1-3H3. The number of hydrogen-bond acceptors (Lipinski definition) is 2. The summed E-state index contributed by atoms with van der Waals surface area (Å²) >= 11 is 0. The van der Waals surface area contributed by atoms with Gasteiger partial charge in [-0.25, -0.2) is 0 Å². The van der Waals surface area contributed by atoms with Crippen LogP contribution in [0.4, 0.5) is 0 Å². The smallest absolute Gasteiger partial charge is 0.0746 e. The van der Waals surface area contributed by atoms with Crippen molar-refractivity contribution in [2.45, 2.75) is 77.7 Å². The highest BCUT2D eigenvalue weighted by molar-refractivity contribution is 5.07. The minimum atomic E-state index is -0.511. The molecule has 0 heterocycles. The molecule has 2 aliphatic carbocycles. The Morgan fingerprint density at radius 3 is 2.47 bits per heavy atom. The second-order valence-electron chi connectivity index (χ2n) is 7.71. The average molecular weight is 267 g/mol. The maximum absolute atomic E-state index is 11.6. The Morgan fingerprint density at radius 1 is 1.16 bits per heavy atom. The van der Waals surface area contributed by atoms with Crippen LogP contribution in [0, 0.1) is 23.2 Å². The summed E-state index contributed by atoms with van der Waals surface area (Å²) < 4.78 is 0. The van der Waals surface area contributed by atoms with Crippen molar-refractivity contribution < 1.29 is 5.11 Å². The predicted octanol–water partition coefficient (Wildman–Crippen LogP) is 3.72. The normalized spacial score (nSPS) is 44.5. The fourth-order valence-corrected chi connectivity index (χ4v) is 5.14. The van der Waals surface area contributed by atoms with E-state index >= 15 is 0 Å². The number of rotatable bonds is 3. The highest BCUT2D eigenvalue weighted by Crippen LogP contribution is 2.55.